The van der Waals surface area contributed by atoms with E-state index in [2.05, 4.69) is 12.2 Å². The summed E-state index contributed by atoms with van der Waals surface area (Å²) in [6, 6.07) is 12.2. The van der Waals surface area contributed by atoms with Crippen LogP contribution in [0.15, 0.2) is 72.5 Å². The molecule has 0 saturated carbocycles. The van der Waals surface area contributed by atoms with Gasteiger partial charge in [0.2, 0.25) is 0 Å². The molecule has 180 valence electrons. The monoisotopic (exact) mass is 468 g/mol. The van der Waals surface area contributed by atoms with Crippen molar-refractivity contribution in [3.8, 4) is 11.1 Å². The lowest BCUT2D eigenvalue weighted by Crippen LogP contribution is -2.24. The standard InChI is InChI=1S/C29H31F3O2/c1-3-4-5-6-23-13-11-22(18-34-23)21-12-14-24(26(30)17-21)19-7-9-20(10-8-19)25-15-16-27(33-2)29(32)28(25)31/h3-4,7-10,12,14-17,22-23,28-29H,5-6,11,13,18H2,1-2H3/b4-3+. The molecule has 0 spiro atoms. The van der Waals surface area contributed by atoms with Gasteiger partial charge in [-0.05, 0) is 67.0 Å². The second-order valence-corrected chi connectivity index (χ2v) is 8.89. The number of hydrogen-bond acceptors (Lipinski definition) is 2. The molecule has 2 nitrogen and oxygen atoms in total. The SMILES string of the molecule is C/C=C/CCC1CCC(c2ccc(-c3ccc(C4=CC=C(OC)C(F)C4F)cc3)c(F)c2)CO1. The fraction of sp³-hybridized carbons (Fsp3) is 0.379. The zero-order valence-corrected chi connectivity index (χ0v) is 19.6. The van der Waals surface area contributed by atoms with Gasteiger partial charge in [-0.15, -0.1) is 0 Å². The molecule has 1 fully saturated rings. The lowest BCUT2D eigenvalue weighted by molar-refractivity contribution is -0.000225. The van der Waals surface area contributed by atoms with Crippen LogP contribution in [0, 0.1) is 5.82 Å². The third kappa shape index (κ3) is 5.30. The van der Waals surface area contributed by atoms with Gasteiger partial charge in [-0.3, -0.25) is 0 Å². The van der Waals surface area contributed by atoms with Crippen molar-refractivity contribution in [3.63, 3.8) is 0 Å². The molecule has 4 atom stereocenters. The number of rotatable bonds is 7. The molecule has 0 bridgehead atoms. The normalized spacial score (nSPS) is 25.2. The van der Waals surface area contributed by atoms with Crippen LogP contribution >= 0.6 is 0 Å². The number of alkyl halides is 2. The number of methoxy groups -OCH3 is 1. The second-order valence-electron chi connectivity index (χ2n) is 8.89. The quantitative estimate of drug-likeness (QED) is 0.387. The number of benzene rings is 2. The summed E-state index contributed by atoms with van der Waals surface area (Å²) in [6.07, 6.45) is 7.86. The van der Waals surface area contributed by atoms with Gasteiger partial charge in [0.15, 0.2) is 12.3 Å². The minimum Gasteiger partial charge on any atom is -0.498 e. The average molecular weight is 469 g/mol. The fourth-order valence-electron chi connectivity index (χ4n) is 4.70. The third-order valence-corrected chi connectivity index (χ3v) is 6.74. The zero-order valence-electron chi connectivity index (χ0n) is 19.6. The van der Waals surface area contributed by atoms with Crippen LogP contribution in [0.3, 0.4) is 0 Å². The first-order chi connectivity index (χ1) is 16.5. The van der Waals surface area contributed by atoms with Crippen molar-refractivity contribution in [1.82, 2.24) is 0 Å². The summed E-state index contributed by atoms with van der Waals surface area (Å²) in [7, 11) is 1.32. The van der Waals surface area contributed by atoms with Crippen LogP contribution in [-0.4, -0.2) is 32.2 Å². The minimum absolute atomic E-state index is 0.0254. The number of halogens is 3. The molecule has 0 N–H and O–H groups in total. The van der Waals surface area contributed by atoms with Crippen molar-refractivity contribution in [2.45, 2.75) is 57.0 Å². The Balaban J connectivity index is 1.44. The fourth-order valence-corrected chi connectivity index (χ4v) is 4.70. The van der Waals surface area contributed by atoms with Crippen LogP contribution in [0.2, 0.25) is 0 Å². The predicted molar refractivity (Wildman–Crippen MR) is 130 cm³/mol. The molecular formula is C29H31F3O2. The average Bonchev–Trinajstić information content (AvgIpc) is 2.86. The molecule has 34 heavy (non-hydrogen) atoms. The Morgan fingerprint density at radius 3 is 2.41 bits per heavy atom. The lowest BCUT2D eigenvalue weighted by Gasteiger charge is -2.29. The Bertz CT molecular complexity index is 1060. The Kier molecular flexibility index (Phi) is 7.94. The Labute approximate surface area is 199 Å². The molecule has 2 aromatic rings. The maximum Gasteiger partial charge on any atom is 0.192 e. The first-order valence-corrected chi connectivity index (χ1v) is 11.9. The van der Waals surface area contributed by atoms with Gasteiger partial charge in [-0.1, -0.05) is 54.6 Å². The van der Waals surface area contributed by atoms with E-state index >= 15 is 4.39 Å². The Morgan fingerprint density at radius 2 is 1.76 bits per heavy atom. The highest BCUT2D eigenvalue weighted by atomic mass is 19.2. The van der Waals surface area contributed by atoms with Crippen molar-refractivity contribution >= 4 is 5.57 Å². The highest BCUT2D eigenvalue weighted by molar-refractivity contribution is 5.75. The summed E-state index contributed by atoms with van der Waals surface area (Å²) in [5.41, 5.74) is 2.93. The predicted octanol–water partition coefficient (Wildman–Crippen LogP) is 7.72. The molecule has 0 amide bonds. The van der Waals surface area contributed by atoms with E-state index in [0.29, 0.717) is 23.3 Å². The van der Waals surface area contributed by atoms with Crippen LogP contribution in [0.1, 0.15) is 49.7 Å². The second kappa shape index (κ2) is 11.1. The van der Waals surface area contributed by atoms with Gasteiger partial charge >= 0.3 is 0 Å². The van der Waals surface area contributed by atoms with E-state index in [0.717, 1.165) is 31.2 Å². The number of allylic oxidation sites excluding steroid dienone is 6. The minimum atomic E-state index is -1.83. The van der Waals surface area contributed by atoms with E-state index < -0.39 is 12.3 Å². The molecule has 2 aliphatic rings. The van der Waals surface area contributed by atoms with E-state index in [1.54, 1.807) is 36.4 Å². The Hall–Kier alpha value is -2.79. The smallest absolute Gasteiger partial charge is 0.192 e. The molecular weight excluding hydrogens is 437 g/mol. The van der Waals surface area contributed by atoms with Crippen LogP contribution in [-0.2, 0) is 9.47 Å². The molecule has 1 aliphatic heterocycles. The molecule has 1 saturated heterocycles. The molecule has 0 aromatic heterocycles. The zero-order chi connectivity index (χ0) is 24.1. The third-order valence-electron chi connectivity index (χ3n) is 6.74. The summed E-state index contributed by atoms with van der Waals surface area (Å²) >= 11 is 0. The van der Waals surface area contributed by atoms with Gasteiger partial charge in [0, 0.05) is 11.5 Å². The van der Waals surface area contributed by atoms with Crippen LogP contribution in [0.25, 0.3) is 16.7 Å². The lowest BCUT2D eigenvalue weighted by atomic mass is 9.88. The van der Waals surface area contributed by atoms with E-state index in [1.807, 2.05) is 13.0 Å². The van der Waals surface area contributed by atoms with Crippen LogP contribution in [0.5, 0.6) is 0 Å². The highest BCUT2D eigenvalue weighted by Gasteiger charge is 2.32. The van der Waals surface area contributed by atoms with Crippen molar-refractivity contribution in [2.24, 2.45) is 0 Å². The van der Waals surface area contributed by atoms with Gasteiger partial charge < -0.3 is 9.47 Å². The number of hydrogen-bond donors (Lipinski definition) is 0. The van der Waals surface area contributed by atoms with E-state index in [1.165, 1.54) is 19.3 Å². The molecule has 0 radical (unpaired) electrons. The molecule has 1 aliphatic carbocycles. The first-order valence-electron chi connectivity index (χ1n) is 11.9. The van der Waals surface area contributed by atoms with Gasteiger partial charge in [-0.2, -0.15) is 0 Å². The van der Waals surface area contributed by atoms with E-state index in [9.17, 15) is 8.78 Å². The van der Waals surface area contributed by atoms with Crippen molar-refractivity contribution in [1.29, 1.82) is 0 Å². The van der Waals surface area contributed by atoms with Crippen molar-refractivity contribution in [3.05, 3.63) is 89.5 Å². The van der Waals surface area contributed by atoms with Gasteiger partial charge in [0.05, 0.1) is 19.8 Å². The molecule has 2 aromatic carbocycles. The number of ether oxygens (including phenoxy) is 2. The topological polar surface area (TPSA) is 18.5 Å². The summed E-state index contributed by atoms with van der Waals surface area (Å²) in [6.45, 7) is 2.64. The van der Waals surface area contributed by atoms with Crippen molar-refractivity contribution < 1.29 is 22.6 Å². The Morgan fingerprint density at radius 1 is 1.00 bits per heavy atom. The maximum absolute atomic E-state index is 15.0. The van der Waals surface area contributed by atoms with Crippen LogP contribution in [0.4, 0.5) is 13.2 Å². The summed E-state index contributed by atoms with van der Waals surface area (Å²) < 4.78 is 54.6. The van der Waals surface area contributed by atoms with Gasteiger partial charge in [0.1, 0.15) is 11.6 Å². The summed E-state index contributed by atoms with van der Waals surface area (Å²) in [5.74, 6) is -0.123. The molecule has 5 heteroatoms. The molecule has 4 unspecified atom stereocenters. The first kappa shape index (κ1) is 24.3. The van der Waals surface area contributed by atoms with Crippen molar-refractivity contribution in [2.75, 3.05) is 13.7 Å². The van der Waals surface area contributed by atoms with E-state index in [-0.39, 0.29) is 29.2 Å². The molecule has 1 heterocycles. The van der Waals surface area contributed by atoms with E-state index in [4.69, 9.17) is 9.47 Å². The maximum atomic E-state index is 15.0. The van der Waals surface area contributed by atoms with Gasteiger partial charge in [0.25, 0.3) is 0 Å². The largest absolute Gasteiger partial charge is 0.498 e. The van der Waals surface area contributed by atoms with Crippen LogP contribution < -0.4 is 0 Å². The molecule has 4 rings (SSSR count). The highest BCUT2D eigenvalue weighted by Crippen LogP contribution is 2.35. The summed E-state index contributed by atoms with van der Waals surface area (Å²) in [5, 5.41) is 0. The van der Waals surface area contributed by atoms with Gasteiger partial charge in [-0.25, -0.2) is 13.2 Å². The summed E-state index contributed by atoms with van der Waals surface area (Å²) in [4.78, 5) is 0.